The van der Waals surface area contributed by atoms with Crippen molar-refractivity contribution in [3.8, 4) is 0 Å². The molecule has 1 amide bonds. The topological polar surface area (TPSA) is 84.1 Å². The Bertz CT molecular complexity index is 1040. The summed E-state index contributed by atoms with van der Waals surface area (Å²) in [6.45, 7) is 4.20. The maximum atomic E-state index is 13.0. The molecule has 6 nitrogen and oxygen atoms in total. The number of pyridine rings is 2. The first-order chi connectivity index (χ1) is 13.5. The van der Waals surface area contributed by atoms with Gasteiger partial charge in [0.25, 0.3) is 5.91 Å². The van der Waals surface area contributed by atoms with Crippen LogP contribution < -0.4 is 16.0 Å². The molecule has 144 valence electrons. The van der Waals surface area contributed by atoms with E-state index in [-0.39, 0.29) is 11.6 Å². The molecule has 28 heavy (non-hydrogen) atoms. The maximum Gasteiger partial charge on any atom is 0.276 e. The number of carbonyl (C=O) groups is 1. The number of anilines is 3. The van der Waals surface area contributed by atoms with Gasteiger partial charge in [0.2, 0.25) is 0 Å². The Morgan fingerprint density at radius 1 is 1.32 bits per heavy atom. The molecule has 1 saturated heterocycles. The number of nitrogens with one attached hydrogen (secondary N) is 1. The lowest BCUT2D eigenvalue weighted by Gasteiger charge is -2.33. The van der Waals surface area contributed by atoms with Crippen LogP contribution in [-0.4, -0.2) is 29.0 Å². The molecule has 0 saturated carbocycles. The molecule has 1 aromatic carbocycles. The number of nitrogens with two attached hydrogens (primary N) is 1. The van der Waals surface area contributed by atoms with Crippen LogP contribution in [0.15, 0.2) is 47.2 Å². The molecule has 3 N–H and O–H groups in total. The number of nitrogen functional groups attached to an aromatic ring is 1. The van der Waals surface area contributed by atoms with Crippen molar-refractivity contribution in [2.24, 2.45) is 5.92 Å². The molecular weight excluding hydrogens is 418 g/mol. The van der Waals surface area contributed by atoms with E-state index < -0.39 is 0 Å². The van der Waals surface area contributed by atoms with Crippen molar-refractivity contribution in [3.63, 3.8) is 0 Å². The lowest BCUT2D eigenvalue weighted by atomic mass is 10.00. The number of carbonyl (C=O) groups excluding carboxylic acids is 1. The van der Waals surface area contributed by atoms with Crippen LogP contribution in [0.5, 0.6) is 0 Å². The van der Waals surface area contributed by atoms with Crippen LogP contribution >= 0.6 is 15.9 Å². The predicted molar refractivity (Wildman–Crippen MR) is 117 cm³/mol. The summed E-state index contributed by atoms with van der Waals surface area (Å²) in [5.74, 6) is 0.292. The van der Waals surface area contributed by atoms with Gasteiger partial charge in [0.15, 0.2) is 5.69 Å². The molecule has 3 heterocycles. The fourth-order valence-electron chi connectivity index (χ4n) is 3.69. The van der Waals surface area contributed by atoms with Gasteiger partial charge in [-0.2, -0.15) is 0 Å². The third kappa shape index (κ3) is 3.80. The first kappa shape index (κ1) is 18.7. The predicted octanol–water partition coefficient (Wildman–Crippen LogP) is 4.46. The number of nitrogens with zero attached hydrogens (tertiary/aromatic N) is 3. The van der Waals surface area contributed by atoms with Crippen LogP contribution in [0.2, 0.25) is 0 Å². The van der Waals surface area contributed by atoms with Crippen LogP contribution in [0, 0.1) is 5.92 Å². The van der Waals surface area contributed by atoms with Gasteiger partial charge in [0.05, 0.1) is 28.8 Å². The number of piperidine rings is 1. The van der Waals surface area contributed by atoms with E-state index in [4.69, 9.17) is 5.73 Å². The largest absolute Gasteiger partial charge is 0.397 e. The molecule has 0 spiro atoms. The minimum atomic E-state index is -0.335. The summed E-state index contributed by atoms with van der Waals surface area (Å²) in [5.41, 5.74) is 9.06. The van der Waals surface area contributed by atoms with Crippen LogP contribution in [0.25, 0.3) is 10.9 Å². The van der Waals surface area contributed by atoms with E-state index in [1.165, 1.54) is 6.42 Å². The van der Waals surface area contributed by atoms with Crippen molar-refractivity contribution < 1.29 is 4.79 Å². The molecular formula is C21H22BrN5O. The van der Waals surface area contributed by atoms with Gasteiger partial charge in [0.1, 0.15) is 0 Å². The Labute approximate surface area is 172 Å². The summed E-state index contributed by atoms with van der Waals surface area (Å²) >= 11 is 3.44. The van der Waals surface area contributed by atoms with Crippen molar-refractivity contribution in [2.45, 2.75) is 19.8 Å². The fourth-order valence-corrected chi connectivity index (χ4v) is 4.04. The average Bonchev–Trinajstić information content (AvgIpc) is 2.68. The number of hydrogen-bond acceptors (Lipinski definition) is 5. The van der Waals surface area contributed by atoms with Gasteiger partial charge in [-0.05, 0) is 43.0 Å². The minimum Gasteiger partial charge on any atom is -0.397 e. The number of amides is 1. The molecule has 0 unspecified atom stereocenters. The summed E-state index contributed by atoms with van der Waals surface area (Å²) in [6.07, 6.45) is 5.81. The third-order valence-electron chi connectivity index (χ3n) is 5.07. The number of benzene rings is 1. The summed E-state index contributed by atoms with van der Waals surface area (Å²) in [4.78, 5) is 23.9. The van der Waals surface area contributed by atoms with Crippen LogP contribution in [0.1, 0.15) is 30.3 Å². The van der Waals surface area contributed by atoms with E-state index in [9.17, 15) is 4.79 Å². The van der Waals surface area contributed by atoms with E-state index in [2.05, 4.69) is 43.0 Å². The Balaban J connectivity index is 1.64. The Kier molecular flexibility index (Phi) is 5.17. The molecule has 1 aliphatic heterocycles. The highest BCUT2D eigenvalue weighted by atomic mass is 79.9. The molecule has 4 rings (SSSR count). The first-order valence-electron chi connectivity index (χ1n) is 9.37. The van der Waals surface area contributed by atoms with Gasteiger partial charge in [-0.1, -0.05) is 28.9 Å². The van der Waals surface area contributed by atoms with E-state index in [1.807, 2.05) is 24.3 Å². The smallest absolute Gasteiger partial charge is 0.276 e. The Hall–Kier alpha value is -2.67. The second-order valence-electron chi connectivity index (χ2n) is 7.30. The Morgan fingerprint density at radius 2 is 2.18 bits per heavy atom. The maximum absolute atomic E-state index is 13.0. The Morgan fingerprint density at radius 3 is 3.00 bits per heavy atom. The first-order valence-corrected chi connectivity index (χ1v) is 10.2. The van der Waals surface area contributed by atoms with Crippen molar-refractivity contribution in [2.75, 3.05) is 29.0 Å². The SMILES string of the molecule is C[C@H]1CCCN(c2ccncc2NC(=O)c2nc3cc(Br)ccc3cc2N)C1. The second kappa shape index (κ2) is 7.75. The van der Waals surface area contributed by atoms with Crippen molar-refractivity contribution in [1.82, 2.24) is 9.97 Å². The molecule has 2 aromatic heterocycles. The highest BCUT2D eigenvalue weighted by molar-refractivity contribution is 9.10. The molecule has 1 fully saturated rings. The van der Waals surface area contributed by atoms with Crippen molar-refractivity contribution >= 4 is 49.8 Å². The van der Waals surface area contributed by atoms with E-state index in [1.54, 1.807) is 18.5 Å². The molecule has 0 radical (unpaired) electrons. The van der Waals surface area contributed by atoms with Gasteiger partial charge in [-0.3, -0.25) is 9.78 Å². The summed E-state index contributed by atoms with van der Waals surface area (Å²) < 4.78 is 0.900. The molecule has 1 aliphatic rings. The molecule has 0 aliphatic carbocycles. The highest BCUT2D eigenvalue weighted by Gasteiger charge is 2.21. The number of fused-ring (bicyclic) bond motifs is 1. The average molecular weight is 440 g/mol. The summed E-state index contributed by atoms with van der Waals surface area (Å²) in [6, 6.07) is 9.43. The minimum absolute atomic E-state index is 0.215. The fraction of sp³-hybridized carbons (Fsp3) is 0.286. The van der Waals surface area contributed by atoms with Gasteiger partial charge >= 0.3 is 0 Å². The van der Waals surface area contributed by atoms with Gasteiger partial charge < -0.3 is 16.0 Å². The van der Waals surface area contributed by atoms with Gasteiger partial charge in [0, 0.05) is 29.1 Å². The zero-order chi connectivity index (χ0) is 19.7. The molecule has 7 heteroatoms. The van der Waals surface area contributed by atoms with Crippen LogP contribution in [0.3, 0.4) is 0 Å². The number of halogens is 1. The lowest BCUT2D eigenvalue weighted by Crippen LogP contribution is -2.35. The number of rotatable bonds is 3. The standard InChI is InChI=1S/C21H22BrN5O/c1-13-3-2-8-27(12-13)19-6-7-24-11-18(19)26-21(28)20-16(23)9-14-4-5-15(22)10-17(14)25-20/h4-7,9-11,13H,2-3,8,12,23H2,1H3,(H,26,28)/t13-/m0/s1. The molecule has 3 aromatic rings. The normalized spacial score (nSPS) is 16.9. The van der Waals surface area contributed by atoms with E-state index >= 15 is 0 Å². The van der Waals surface area contributed by atoms with Gasteiger partial charge in [-0.15, -0.1) is 0 Å². The second-order valence-corrected chi connectivity index (χ2v) is 8.22. The van der Waals surface area contributed by atoms with E-state index in [0.717, 1.165) is 35.1 Å². The monoisotopic (exact) mass is 439 g/mol. The quantitative estimate of drug-likeness (QED) is 0.628. The zero-order valence-corrected chi connectivity index (χ0v) is 17.2. The van der Waals surface area contributed by atoms with E-state index in [0.29, 0.717) is 22.8 Å². The summed E-state index contributed by atoms with van der Waals surface area (Å²) in [7, 11) is 0. The van der Waals surface area contributed by atoms with Crippen molar-refractivity contribution in [3.05, 3.63) is 52.9 Å². The molecule has 1 atom stereocenters. The van der Waals surface area contributed by atoms with Crippen LogP contribution in [0.4, 0.5) is 17.1 Å². The van der Waals surface area contributed by atoms with Crippen molar-refractivity contribution in [1.29, 1.82) is 0 Å². The number of aromatic nitrogens is 2. The van der Waals surface area contributed by atoms with Crippen LogP contribution in [-0.2, 0) is 0 Å². The third-order valence-corrected chi connectivity index (χ3v) is 5.56. The highest BCUT2D eigenvalue weighted by Crippen LogP contribution is 2.30. The number of hydrogen-bond donors (Lipinski definition) is 2. The summed E-state index contributed by atoms with van der Waals surface area (Å²) in [5, 5.41) is 3.85. The van der Waals surface area contributed by atoms with Gasteiger partial charge in [-0.25, -0.2) is 4.98 Å². The zero-order valence-electron chi connectivity index (χ0n) is 15.7. The lowest BCUT2D eigenvalue weighted by molar-refractivity contribution is 0.102. The molecule has 0 bridgehead atoms.